The zero-order chi connectivity index (χ0) is 13.1. The van der Waals surface area contributed by atoms with E-state index in [4.69, 9.17) is 0 Å². The predicted octanol–water partition coefficient (Wildman–Crippen LogP) is 4.66. The van der Waals surface area contributed by atoms with Crippen molar-refractivity contribution >= 4 is 11.6 Å². The molecule has 0 aromatic heterocycles. The molecule has 1 heteroatoms. The van der Waals surface area contributed by atoms with Gasteiger partial charge in [-0.1, -0.05) is 42.5 Å². The lowest BCUT2D eigenvalue weighted by atomic mass is 9.91. The van der Waals surface area contributed by atoms with Gasteiger partial charge in [0, 0.05) is 0 Å². The first kappa shape index (κ1) is 12.0. The van der Waals surface area contributed by atoms with Crippen molar-refractivity contribution in [3.8, 4) is 5.75 Å². The van der Waals surface area contributed by atoms with Gasteiger partial charge in [-0.15, -0.1) is 0 Å². The van der Waals surface area contributed by atoms with E-state index in [9.17, 15) is 5.11 Å². The number of hydrogen-bond acceptors (Lipinski definition) is 1. The molecule has 3 rings (SSSR count). The third kappa shape index (κ3) is 2.70. The van der Waals surface area contributed by atoms with Crippen LogP contribution in [-0.2, 0) is 6.42 Å². The third-order valence-electron chi connectivity index (χ3n) is 3.74. The van der Waals surface area contributed by atoms with Gasteiger partial charge in [0.05, 0.1) is 0 Å². The van der Waals surface area contributed by atoms with E-state index in [-0.39, 0.29) is 0 Å². The Kier molecular flexibility index (Phi) is 3.37. The van der Waals surface area contributed by atoms with E-state index in [0.717, 1.165) is 12.8 Å². The third-order valence-corrected chi connectivity index (χ3v) is 3.74. The largest absolute Gasteiger partial charge is 0.508 e. The maximum Gasteiger partial charge on any atom is 0.115 e. The molecule has 0 unspecified atom stereocenters. The van der Waals surface area contributed by atoms with Gasteiger partial charge in [0.2, 0.25) is 0 Å². The molecule has 0 bridgehead atoms. The van der Waals surface area contributed by atoms with Crippen molar-refractivity contribution in [3.63, 3.8) is 0 Å². The number of benzene rings is 2. The molecule has 2 aromatic carbocycles. The van der Waals surface area contributed by atoms with Crippen molar-refractivity contribution in [2.24, 2.45) is 0 Å². The second-order valence-corrected chi connectivity index (χ2v) is 5.13. The molecule has 0 spiro atoms. The Morgan fingerprint density at radius 3 is 2.47 bits per heavy atom. The number of phenolic OH excluding ortho intramolecular Hbond substituents is 1. The van der Waals surface area contributed by atoms with Crippen molar-refractivity contribution < 1.29 is 5.11 Å². The summed E-state index contributed by atoms with van der Waals surface area (Å²) < 4.78 is 0. The smallest absolute Gasteiger partial charge is 0.115 e. The van der Waals surface area contributed by atoms with Gasteiger partial charge in [-0.05, 0) is 60.1 Å². The van der Waals surface area contributed by atoms with Crippen LogP contribution in [0.2, 0.25) is 0 Å². The molecule has 0 atom stereocenters. The minimum Gasteiger partial charge on any atom is -0.508 e. The average molecular weight is 250 g/mol. The summed E-state index contributed by atoms with van der Waals surface area (Å²) in [5, 5.41) is 9.61. The minimum atomic E-state index is 0.369. The van der Waals surface area contributed by atoms with E-state index < -0.39 is 0 Å². The van der Waals surface area contributed by atoms with Gasteiger partial charge in [0.25, 0.3) is 0 Å². The fourth-order valence-electron chi connectivity index (χ4n) is 2.72. The number of aromatic hydroxyl groups is 1. The summed E-state index contributed by atoms with van der Waals surface area (Å²) in [6.07, 6.45) is 6.85. The summed E-state index contributed by atoms with van der Waals surface area (Å²) in [4.78, 5) is 0. The summed E-state index contributed by atoms with van der Waals surface area (Å²) >= 11 is 0. The highest BCUT2D eigenvalue weighted by atomic mass is 16.3. The number of fused-ring (bicyclic) bond motifs is 1. The van der Waals surface area contributed by atoms with Gasteiger partial charge in [-0.3, -0.25) is 0 Å². The van der Waals surface area contributed by atoms with Crippen LogP contribution in [-0.4, -0.2) is 5.11 Å². The van der Waals surface area contributed by atoms with Crippen LogP contribution in [0, 0.1) is 0 Å². The summed E-state index contributed by atoms with van der Waals surface area (Å²) in [5.41, 5.74) is 5.21. The van der Waals surface area contributed by atoms with Crippen LogP contribution in [0.15, 0.2) is 48.5 Å². The normalized spacial score (nSPS) is 15.1. The summed E-state index contributed by atoms with van der Waals surface area (Å²) in [6.45, 7) is 0. The Bertz CT molecular complexity index is 596. The monoisotopic (exact) mass is 250 g/mol. The molecule has 96 valence electrons. The Hall–Kier alpha value is -2.02. The highest BCUT2D eigenvalue weighted by Crippen LogP contribution is 2.30. The Balaban J connectivity index is 2.06. The molecule has 0 heterocycles. The molecule has 0 saturated heterocycles. The van der Waals surface area contributed by atoms with Gasteiger partial charge in [0.15, 0.2) is 0 Å². The second kappa shape index (κ2) is 5.31. The number of rotatable bonds is 1. The van der Waals surface area contributed by atoms with E-state index in [0.29, 0.717) is 5.75 Å². The average Bonchev–Trinajstić information content (AvgIpc) is 2.42. The zero-order valence-corrected chi connectivity index (χ0v) is 11.0. The molecule has 0 aliphatic heterocycles. The van der Waals surface area contributed by atoms with Crippen molar-refractivity contribution in [1.29, 1.82) is 0 Å². The predicted molar refractivity (Wildman–Crippen MR) is 80.0 cm³/mol. The maximum absolute atomic E-state index is 9.61. The molecular weight excluding hydrogens is 232 g/mol. The molecule has 0 fully saturated rings. The minimum absolute atomic E-state index is 0.369. The molecule has 0 amide bonds. The number of hydrogen-bond donors (Lipinski definition) is 1. The number of aryl methyl sites for hydroxylation is 1. The molecule has 0 radical (unpaired) electrons. The highest BCUT2D eigenvalue weighted by Gasteiger charge is 2.09. The molecule has 1 aliphatic rings. The van der Waals surface area contributed by atoms with Crippen LogP contribution in [0.5, 0.6) is 5.75 Å². The van der Waals surface area contributed by atoms with E-state index in [2.05, 4.69) is 36.4 Å². The summed E-state index contributed by atoms with van der Waals surface area (Å²) in [6, 6.07) is 16.3. The van der Waals surface area contributed by atoms with Crippen molar-refractivity contribution in [1.82, 2.24) is 0 Å². The molecule has 1 aliphatic carbocycles. The second-order valence-electron chi connectivity index (χ2n) is 5.13. The molecule has 0 saturated carbocycles. The fourth-order valence-corrected chi connectivity index (χ4v) is 2.72. The number of phenols is 1. The lowest BCUT2D eigenvalue weighted by molar-refractivity contribution is 0.474. The van der Waals surface area contributed by atoms with Crippen molar-refractivity contribution in [3.05, 3.63) is 65.2 Å². The maximum atomic E-state index is 9.61. The highest BCUT2D eigenvalue weighted by molar-refractivity contribution is 5.82. The Morgan fingerprint density at radius 1 is 0.842 bits per heavy atom. The van der Waals surface area contributed by atoms with E-state index in [1.807, 2.05) is 12.1 Å². The summed E-state index contributed by atoms with van der Waals surface area (Å²) in [7, 11) is 0. The Labute approximate surface area is 114 Å². The van der Waals surface area contributed by atoms with Crippen LogP contribution >= 0.6 is 0 Å². The van der Waals surface area contributed by atoms with E-state index in [1.54, 1.807) is 6.07 Å². The molecule has 2 aromatic rings. The quantitative estimate of drug-likeness (QED) is 0.780. The molecular formula is C18H18O. The molecule has 1 N–H and O–H groups in total. The van der Waals surface area contributed by atoms with Crippen LogP contribution in [0.3, 0.4) is 0 Å². The van der Waals surface area contributed by atoms with Crippen molar-refractivity contribution in [2.75, 3.05) is 0 Å². The molecule has 19 heavy (non-hydrogen) atoms. The van der Waals surface area contributed by atoms with Crippen LogP contribution < -0.4 is 0 Å². The lowest BCUT2D eigenvalue weighted by Crippen LogP contribution is -1.96. The first-order chi connectivity index (χ1) is 9.33. The van der Waals surface area contributed by atoms with Gasteiger partial charge in [-0.2, -0.15) is 0 Å². The van der Waals surface area contributed by atoms with E-state index in [1.165, 1.54) is 35.1 Å². The van der Waals surface area contributed by atoms with Gasteiger partial charge >= 0.3 is 0 Å². The van der Waals surface area contributed by atoms with Crippen molar-refractivity contribution in [2.45, 2.75) is 25.7 Å². The lowest BCUT2D eigenvalue weighted by Gasteiger charge is -2.15. The van der Waals surface area contributed by atoms with Gasteiger partial charge < -0.3 is 5.11 Å². The first-order valence-electron chi connectivity index (χ1n) is 6.91. The first-order valence-corrected chi connectivity index (χ1v) is 6.91. The SMILES string of the molecule is Oc1ccc2c(c1)CCCCC(c1ccccc1)=C2. The Morgan fingerprint density at radius 2 is 1.63 bits per heavy atom. The zero-order valence-electron chi connectivity index (χ0n) is 11.0. The summed E-state index contributed by atoms with van der Waals surface area (Å²) in [5.74, 6) is 0.369. The van der Waals surface area contributed by atoms with Crippen LogP contribution in [0.1, 0.15) is 36.0 Å². The number of allylic oxidation sites excluding steroid dienone is 1. The van der Waals surface area contributed by atoms with Crippen LogP contribution in [0.4, 0.5) is 0 Å². The van der Waals surface area contributed by atoms with E-state index >= 15 is 0 Å². The van der Waals surface area contributed by atoms with Gasteiger partial charge in [0.1, 0.15) is 5.75 Å². The topological polar surface area (TPSA) is 20.2 Å². The van der Waals surface area contributed by atoms with Gasteiger partial charge in [-0.25, -0.2) is 0 Å². The standard InChI is InChI=1S/C18H18O/c19-18-11-10-17-12-15(14-6-2-1-3-7-14)8-4-5-9-16(17)13-18/h1-3,6-7,10-13,19H,4-5,8-9H2. The molecule has 1 nitrogen and oxygen atoms in total. The fraction of sp³-hybridized carbons (Fsp3) is 0.222. The van der Waals surface area contributed by atoms with Crippen LogP contribution in [0.25, 0.3) is 11.6 Å².